The molecule has 0 atom stereocenters. The summed E-state index contributed by atoms with van der Waals surface area (Å²) >= 11 is 0. The molecule has 13 rings (SSSR count). The lowest BCUT2D eigenvalue weighted by molar-refractivity contribution is 0.669. The van der Waals surface area contributed by atoms with Gasteiger partial charge in [-0.1, -0.05) is 184 Å². The van der Waals surface area contributed by atoms with E-state index in [1.807, 2.05) is 0 Å². The van der Waals surface area contributed by atoms with Gasteiger partial charge in [-0.3, -0.25) is 4.57 Å². The van der Waals surface area contributed by atoms with Gasteiger partial charge in [0.15, 0.2) is 0 Å². The molecule has 1 aliphatic carbocycles. The number of benzene rings is 9. The molecule has 0 unspecified atom stereocenters. The van der Waals surface area contributed by atoms with E-state index in [4.69, 9.17) is 14.4 Å². The van der Waals surface area contributed by atoms with Crippen molar-refractivity contribution >= 4 is 81.6 Å². The Labute approximate surface area is 365 Å². The molecular formula is C59H43N3O. The summed E-state index contributed by atoms with van der Waals surface area (Å²) in [7, 11) is 0. The number of furan rings is 1. The molecule has 0 bridgehead atoms. The van der Waals surface area contributed by atoms with Gasteiger partial charge in [0.1, 0.15) is 11.2 Å². The smallest absolute Gasteiger partial charge is 0.235 e. The fraction of sp³-hybridized carbons (Fsp3) is 0.0847. The van der Waals surface area contributed by atoms with Gasteiger partial charge in [-0.15, -0.1) is 0 Å². The number of aromatic nitrogens is 3. The summed E-state index contributed by atoms with van der Waals surface area (Å²) in [5.41, 5.74) is 13.0. The third-order valence-corrected chi connectivity index (χ3v) is 12.7. The van der Waals surface area contributed by atoms with Crippen molar-refractivity contribution in [1.29, 1.82) is 0 Å². The second-order valence-corrected chi connectivity index (χ2v) is 16.7. The second-order valence-electron chi connectivity index (χ2n) is 16.7. The van der Waals surface area contributed by atoms with Gasteiger partial charge in [0.25, 0.3) is 0 Å². The molecule has 9 aromatic carbocycles. The molecule has 0 fully saturated rings. The number of fused-ring (bicyclic) bond motifs is 12. The zero-order valence-corrected chi connectivity index (χ0v) is 35.3. The molecule has 63 heavy (non-hydrogen) atoms. The largest absolute Gasteiger partial charge is 0.456 e. The maximum Gasteiger partial charge on any atom is 0.235 e. The van der Waals surface area contributed by atoms with Gasteiger partial charge in [-0.2, -0.15) is 0 Å². The van der Waals surface area contributed by atoms with Gasteiger partial charge in [0, 0.05) is 38.1 Å². The molecule has 0 saturated heterocycles. The topological polar surface area (TPSA) is 43.9 Å². The summed E-state index contributed by atoms with van der Waals surface area (Å²) in [6, 6.07) is 65.2. The molecule has 0 spiro atoms. The van der Waals surface area contributed by atoms with Crippen LogP contribution in [0.5, 0.6) is 0 Å². The Hall–Kier alpha value is -7.82. The van der Waals surface area contributed by atoms with Crippen LogP contribution in [0.3, 0.4) is 0 Å². The van der Waals surface area contributed by atoms with E-state index in [9.17, 15) is 0 Å². The van der Waals surface area contributed by atoms with E-state index in [2.05, 4.69) is 206 Å². The monoisotopic (exact) mass is 809 g/mol. The van der Waals surface area contributed by atoms with E-state index in [0.29, 0.717) is 5.95 Å². The van der Waals surface area contributed by atoms with Crippen molar-refractivity contribution in [2.24, 2.45) is 0 Å². The third kappa shape index (κ3) is 5.97. The van der Waals surface area contributed by atoms with Gasteiger partial charge in [0.2, 0.25) is 5.95 Å². The van der Waals surface area contributed by atoms with Crippen LogP contribution >= 0.6 is 0 Å². The van der Waals surface area contributed by atoms with Crippen molar-refractivity contribution in [1.82, 2.24) is 14.5 Å². The van der Waals surface area contributed by atoms with Crippen LogP contribution in [0.25, 0.3) is 110 Å². The Bertz CT molecular complexity index is 3790. The molecule has 0 aliphatic heterocycles. The highest BCUT2D eigenvalue weighted by molar-refractivity contribution is 6.19. The normalized spacial score (nSPS) is 12.6. The lowest BCUT2D eigenvalue weighted by Crippen LogP contribution is -2.10. The molecule has 3 aromatic heterocycles. The second kappa shape index (κ2) is 15.0. The molecule has 4 nitrogen and oxygen atoms in total. The summed E-state index contributed by atoms with van der Waals surface area (Å²) < 4.78 is 8.83. The number of rotatable bonds is 4. The zero-order valence-electron chi connectivity index (χ0n) is 35.3. The van der Waals surface area contributed by atoms with Crippen LogP contribution in [0, 0.1) is 0 Å². The molecular weight excluding hydrogens is 767 g/mol. The first kappa shape index (κ1) is 37.0. The lowest BCUT2D eigenvalue weighted by atomic mass is 9.89. The summed E-state index contributed by atoms with van der Waals surface area (Å²) in [6.07, 6.45) is 5.53. The van der Waals surface area contributed by atoms with Crippen molar-refractivity contribution in [2.45, 2.75) is 33.1 Å². The highest BCUT2D eigenvalue weighted by Crippen LogP contribution is 2.44. The van der Waals surface area contributed by atoms with Crippen molar-refractivity contribution < 1.29 is 4.42 Å². The molecule has 0 N–H and O–H groups in total. The zero-order chi connectivity index (χ0) is 42.0. The summed E-state index contributed by atoms with van der Waals surface area (Å²) in [5.74, 6) is 0.665. The Morgan fingerprint density at radius 1 is 0.508 bits per heavy atom. The Kier molecular flexibility index (Phi) is 8.79. The molecule has 0 radical (unpaired) electrons. The van der Waals surface area contributed by atoms with Crippen molar-refractivity contribution in [3.05, 3.63) is 205 Å². The molecule has 12 aromatic rings. The Morgan fingerprint density at radius 2 is 1.13 bits per heavy atom. The van der Waals surface area contributed by atoms with Gasteiger partial charge in [-0.25, -0.2) is 9.97 Å². The minimum Gasteiger partial charge on any atom is -0.456 e. The number of hydrogen-bond donors (Lipinski definition) is 0. The first-order valence-corrected chi connectivity index (χ1v) is 22.1. The SMILES string of the molecule is C1=C(c2ccc3oc4ccc5ccccc5c4c3c2)c2c(c3ccc4ccccc4c3n2-c2nc(-c3ccc(-c4cccc5ccccc45)cc3)c3ccccc3n2)CC1.CCC. The number of aryl methyl sites for hydroxylation is 1. The molecule has 0 amide bonds. The molecule has 300 valence electrons. The number of allylic oxidation sites excluding steroid dienone is 1. The lowest BCUT2D eigenvalue weighted by Gasteiger charge is -2.19. The van der Waals surface area contributed by atoms with Crippen LogP contribution in [0.4, 0.5) is 0 Å². The maximum atomic E-state index is 6.46. The quantitative estimate of drug-likeness (QED) is 0.178. The third-order valence-electron chi connectivity index (χ3n) is 12.7. The number of nitrogens with zero attached hydrogens (tertiary/aromatic N) is 3. The van der Waals surface area contributed by atoms with Crippen molar-refractivity contribution in [3.63, 3.8) is 0 Å². The molecule has 3 heterocycles. The van der Waals surface area contributed by atoms with E-state index < -0.39 is 0 Å². The van der Waals surface area contributed by atoms with Gasteiger partial charge >= 0.3 is 0 Å². The van der Waals surface area contributed by atoms with E-state index in [1.165, 1.54) is 66.4 Å². The first-order chi connectivity index (χ1) is 31.2. The van der Waals surface area contributed by atoms with Crippen LogP contribution < -0.4 is 0 Å². The van der Waals surface area contributed by atoms with Crippen molar-refractivity contribution in [3.8, 4) is 28.3 Å². The highest BCUT2D eigenvalue weighted by Gasteiger charge is 2.28. The average molecular weight is 810 g/mol. The highest BCUT2D eigenvalue weighted by atomic mass is 16.3. The van der Waals surface area contributed by atoms with E-state index in [1.54, 1.807) is 0 Å². The van der Waals surface area contributed by atoms with E-state index >= 15 is 0 Å². The fourth-order valence-corrected chi connectivity index (χ4v) is 9.95. The minimum atomic E-state index is 0.665. The van der Waals surface area contributed by atoms with Crippen molar-refractivity contribution in [2.75, 3.05) is 0 Å². The maximum absolute atomic E-state index is 6.46. The van der Waals surface area contributed by atoms with Crippen LogP contribution in [0.15, 0.2) is 192 Å². The number of para-hydroxylation sites is 1. The summed E-state index contributed by atoms with van der Waals surface area (Å²) in [4.78, 5) is 11.0. The van der Waals surface area contributed by atoms with E-state index in [-0.39, 0.29) is 0 Å². The first-order valence-electron chi connectivity index (χ1n) is 22.1. The van der Waals surface area contributed by atoms with Gasteiger partial charge < -0.3 is 4.42 Å². The average Bonchev–Trinajstić information content (AvgIpc) is 3.90. The molecule has 0 saturated carbocycles. The molecule has 1 aliphatic rings. The van der Waals surface area contributed by atoms with E-state index in [0.717, 1.165) is 73.7 Å². The minimum absolute atomic E-state index is 0.665. The fourth-order valence-electron chi connectivity index (χ4n) is 9.95. The standard InChI is InChI=1S/C56H35N3O.C3H8/c1-4-15-40-34(11-1)14-9-19-41(40)37-23-25-38(26-24-37)53-47-18-7-8-22-49(47)57-56(58-53)59-54-43-17-6-3-13-36(43)27-30-46(54)45-21-10-20-44(55(45)59)39-29-31-50-48(33-39)52-42-16-5-2-12-35(42)28-32-51(52)60-50;1-3-2/h1-9,11-20,22-33H,10,21H2;3H2,1-2H3. The Balaban J connectivity index is 0.00000137. The molecule has 4 heteroatoms. The van der Waals surface area contributed by atoms with Crippen LogP contribution in [-0.4, -0.2) is 14.5 Å². The number of hydrogen-bond acceptors (Lipinski definition) is 3. The van der Waals surface area contributed by atoms with Gasteiger partial charge in [-0.05, 0) is 86.3 Å². The Morgan fingerprint density at radius 3 is 1.94 bits per heavy atom. The van der Waals surface area contributed by atoms with Crippen LogP contribution in [-0.2, 0) is 6.42 Å². The predicted molar refractivity (Wildman–Crippen MR) is 265 cm³/mol. The van der Waals surface area contributed by atoms with Crippen LogP contribution in [0.1, 0.15) is 43.5 Å². The van der Waals surface area contributed by atoms with Gasteiger partial charge in [0.05, 0.1) is 22.4 Å². The van der Waals surface area contributed by atoms with Crippen LogP contribution in [0.2, 0.25) is 0 Å². The predicted octanol–water partition coefficient (Wildman–Crippen LogP) is 16.1. The summed E-state index contributed by atoms with van der Waals surface area (Å²) in [6.45, 7) is 4.25. The summed E-state index contributed by atoms with van der Waals surface area (Å²) in [5, 5.41) is 11.8.